The molecule has 6 heterocycles. The summed E-state index contributed by atoms with van der Waals surface area (Å²) in [7, 11) is 1.55. The van der Waals surface area contributed by atoms with E-state index in [2.05, 4.69) is 35.6 Å². The lowest BCUT2D eigenvalue weighted by molar-refractivity contribution is -0.141. The average molecular weight is 861 g/mol. The highest BCUT2D eigenvalue weighted by Crippen LogP contribution is 2.36. The molecule has 1 aliphatic rings. The lowest BCUT2D eigenvalue weighted by atomic mass is 9.90. The fraction of sp³-hybridized carbons (Fsp3) is 0.368. The van der Waals surface area contributed by atoms with Crippen LogP contribution in [0.5, 0.6) is 0 Å². The first kappa shape index (κ1) is 42.2. The molecule has 0 spiro atoms. The smallest absolute Gasteiger partial charge is 0.348 e. The number of carbonyl (C=O) groups is 2. The van der Waals surface area contributed by atoms with Crippen LogP contribution in [0.15, 0.2) is 49.1 Å². The number of rotatable bonds is 11. The van der Waals surface area contributed by atoms with Crippen LogP contribution in [0.1, 0.15) is 67.2 Å². The Labute approximate surface area is 341 Å². The fourth-order valence-electron chi connectivity index (χ4n) is 7.10. The molecule has 1 aromatic carbocycles. The Balaban J connectivity index is 1.22. The minimum absolute atomic E-state index is 0.0113. The molecule has 316 valence electrons. The molecule has 5 aromatic heterocycles. The van der Waals surface area contributed by atoms with E-state index in [1.807, 2.05) is 0 Å². The molecule has 0 bridgehead atoms. The Morgan fingerprint density at radius 3 is 2.35 bits per heavy atom. The average Bonchev–Trinajstić information content (AvgIpc) is 3.87. The molecule has 0 fully saturated rings. The summed E-state index contributed by atoms with van der Waals surface area (Å²) in [6, 6.07) is 2.71. The SMILES string of the molecule is Cn1nc(Cl)c2nc(-c3ccc(F)c4c3CCN([C@H](Cc3cnn(C(F)F)c3)C(=O)NC(C)(C)Cn3nc(C(F)(F)F)cc3-c3cnc(C(C)(C)N)nc3)C4=O)c(F)cc21. The second kappa shape index (κ2) is 15.3. The van der Waals surface area contributed by atoms with Gasteiger partial charge in [-0.3, -0.25) is 19.0 Å². The monoisotopic (exact) mass is 860 g/mol. The number of alkyl halides is 5. The van der Waals surface area contributed by atoms with Gasteiger partial charge in [0.1, 0.15) is 28.9 Å². The summed E-state index contributed by atoms with van der Waals surface area (Å²) < 4.78 is 103. The highest BCUT2D eigenvalue weighted by molar-refractivity contribution is 6.33. The molecule has 7 rings (SSSR count). The number of fused-ring (bicyclic) bond motifs is 2. The molecule has 0 radical (unpaired) electrons. The minimum Gasteiger partial charge on any atom is -0.348 e. The van der Waals surface area contributed by atoms with Crippen LogP contribution in [0.2, 0.25) is 5.15 Å². The number of halogens is 8. The Bertz CT molecular complexity index is 2630. The van der Waals surface area contributed by atoms with Crippen LogP contribution in [-0.2, 0) is 42.9 Å². The summed E-state index contributed by atoms with van der Waals surface area (Å²) in [5.41, 5.74) is 2.70. The summed E-state index contributed by atoms with van der Waals surface area (Å²) in [5.74, 6) is -3.37. The van der Waals surface area contributed by atoms with Crippen LogP contribution < -0.4 is 11.1 Å². The quantitative estimate of drug-likeness (QED) is 0.144. The number of nitrogens with one attached hydrogen (secondary N) is 1. The van der Waals surface area contributed by atoms with Gasteiger partial charge in [0, 0.05) is 55.8 Å². The van der Waals surface area contributed by atoms with Crippen LogP contribution in [-0.4, -0.2) is 79.1 Å². The predicted molar refractivity (Wildman–Crippen MR) is 202 cm³/mol. The Hall–Kier alpha value is -5.96. The van der Waals surface area contributed by atoms with Crippen LogP contribution >= 0.6 is 11.6 Å². The van der Waals surface area contributed by atoms with Gasteiger partial charge in [0.2, 0.25) is 5.91 Å². The highest BCUT2D eigenvalue weighted by atomic mass is 35.5. The predicted octanol–water partition coefficient (Wildman–Crippen LogP) is 6.23. The van der Waals surface area contributed by atoms with E-state index in [9.17, 15) is 31.5 Å². The molecule has 60 heavy (non-hydrogen) atoms. The summed E-state index contributed by atoms with van der Waals surface area (Å²) >= 11 is 6.23. The van der Waals surface area contributed by atoms with E-state index >= 15 is 8.78 Å². The molecule has 0 aliphatic carbocycles. The zero-order valence-electron chi connectivity index (χ0n) is 32.5. The number of nitrogens with zero attached hydrogens (tertiary/aromatic N) is 10. The van der Waals surface area contributed by atoms with E-state index in [0.29, 0.717) is 4.68 Å². The number of nitrogens with two attached hydrogens (primary N) is 1. The third-order valence-electron chi connectivity index (χ3n) is 9.90. The van der Waals surface area contributed by atoms with E-state index < -0.39 is 64.6 Å². The van der Waals surface area contributed by atoms with Gasteiger partial charge in [0.05, 0.1) is 40.6 Å². The number of carbonyl (C=O) groups excluding carboxylic acids is 2. The van der Waals surface area contributed by atoms with Crippen molar-refractivity contribution in [1.29, 1.82) is 0 Å². The molecule has 1 atom stereocenters. The van der Waals surface area contributed by atoms with Gasteiger partial charge in [-0.15, -0.1) is 0 Å². The van der Waals surface area contributed by atoms with Crippen molar-refractivity contribution in [2.45, 2.75) is 76.9 Å². The third-order valence-corrected chi connectivity index (χ3v) is 10.2. The van der Waals surface area contributed by atoms with Crippen LogP contribution in [0.3, 0.4) is 0 Å². The van der Waals surface area contributed by atoms with Crippen LogP contribution in [0.4, 0.5) is 30.7 Å². The van der Waals surface area contributed by atoms with Gasteiger partial charge >= 0.3 is 12.7 Å². The van der Waals surface area contributed by atoms with Crippen molar-refractivity contribution in [1.82, 2.24) is 54.5 Å². The van der Waals surface area contributed by atoms with Crippen molar-refractivity contribution >= 4 is 34.4 Å². The second-order valence-corrected chi connectivity index (χ2v) is 15.9. The minimum atomic E-state index is -4.85. The Morgan fingerprint density at radius 2 is 1.72 bits per heavy atom. The number of aromatic nitrogens is 9. The van der Waals surface area contributed by atoms with Crippen molar-refractivity contribution < 1.29 is 40.3 Å². The maximum absolute atomic E-state index is 15.8. The number of hydrogen-bond acceptors (Lipinski definition) is 9. The number of benzene rings is 1. The van der Waals surface area contributed by atoms with E-state index in [1.54, 1.807) is 20.9 Å². The van der Waals surface area contributed by atoms with Gasteiger partial charge in [0.15, 0.2) is 16.7 Å². The summed E-state index contributed by atoms with van der Waals surface area (Å²) in [5, 5.41) is 14.2. The molecule has 0 saturated heterocycles. The lowest BCUT2D eigenvalue weighted by Gasteiger charge is -2.37. The van der Waals surface area contributed by atoms with Gasteiger partial charge < -0.3 is 16.0 Å². The molecular weight excluding hydrogens is 825 g/mol. The summed E-state index contributed by atoms with van der Waals surface area (Å²) in [6.07, 6.45) is -0.659. The van der Waals surface area contributed by atoms with Crippen molar-refractivity contribution in [3.8, 4) is 22.5 Å². The zero-order chi connectivity index (χ0) is 43.6. The lowest BCUT2D eigenvalue weighted by Crippen LogP contribution is -2.58. The zero-order valence-corrected chi connectivity index (χ0v) is 33.2. The third kappa shape index (κ3) is 8.14. The standard InChI is InChI=1S/C38H36ClF7N12O2/c1-36(2,17-58-24(12-27(53-58)38(44,45)46)19-14-48-34(49-15-19)37(3,4)47)52-32(59)26(10-18-13-50-57(16-18)35(42)43)56-9-8-20-21(6-7-22(40)28(20)33(56)60)29-23(41)11-25-30(51-29)31(39)54-55(25)5/h6-7,11-16,26,35H,8-10,17,47H2,1-5H3,(H,52,59)/t26-/m1/s1. The highest BCUT2D eigenvalue weighted by Gasteiger charge is 2.40. The molecule has 14 nitrogen and oxygen atoms in total. The molecule has 3 N–H and O–H groups in total. The van der Waals surface area contributed by atoms with Gasteiger partial charge in [-0.05, 0) is 63.4 Å². The van der Waals surface area contributed by atoms with E-state index in [4.69, 9.17) is 17.3 Å². The van der Waals surface area contributed by atoms with Gasteiger partial charge in [-0.2, -0.15) is 37.2 Å². The van der Waals surface area contributed by atoms with Crippen LogP contribution in [0, 0.1) is 11.6 Å². The van der Waals surface area contributed by atoms with E-state index in [0.717, 1.165) is 40.2 Å². The topological polar surface area (TPSA) is 168 Å². The number of pyridine rings is 1. The maximum atomic E-state index is 15.8. The molecular formula is C38H36ClF7N12O2. The number of aryl methyl sites for hydroxylation is 1. The number of amides is 2. The molecule has 0 unspecified atom stereocenters. The Morgan fingerprint density at radius 1 is 1.02 bits per heavy atom. The Kier molecular flexibility index (Phi) is 10.7. The van der Waals surface area contributed by atoms with E-state index in [1.165, 1.54) is 37.0 Å². The first-order valence-electron chi connectivity index (χ1n) is 18.2. The van der Waals surface area contributed by atoms with Gasteiger partial charge in [-0.25, -0.2) is 28.4 Å². The van der Waals surface area contributed by atoms with Gasteiger partial charge in [0.25, 0.3) is 5.91 Å². The normalized spacial score (nSPS) is 14.3. The second-order valence-electron chi connectivity index (χ2n) is 15.6. The molecule has 1 aliphatic heterocycles. The fourth-order valence-corrected chi connectivity index (χ4v) is 7.35. The van der Waals surface area contributed by atoms with E-state index in [-0.39, 0.29) is 81.6 Å². The molecule has 6 aromatic rings. The maximum Gasteiger partial charge on any atom is 0.435 e. The summed E-state index contributed by atoms with van der Waals surface area (Å²) in [4.78, 5) is 42.6. The molecule has 22 heteroatoms. The first-order chi connectivity index (χ1) is 28.0. The largest absolute Gasteiger partial charge is 0.435 e. The van der Waals surface area contributed by atoms with Crippen molar-refractivity contribution in [2.75, 3.05) is 6.54 Å². The van der Waals surface area contributed by atoms with Crippen molar-refractivity contribution in [2.24, 2.45) is 12.8 Å². The van der Waals surface area contributed by atoms with Crippen LogP contribution in [0.25, 0.3) is 33.5 Å². The first-order valence-corrected chi connectivity index (χ1v) is 18.6. The number of hydrogen-bond donors (Lipinski definition) is 2. The van der Waals surface area contributed by atoms with Crippen molar-refractivity contribution in [3.05, 3.63) is 94.0 Å². The summed E-state index contributed by atoms with van der Waals surface area (Å²) in [6.45, 7) is 2.69. The van der Waals surface area contributed by atoms with Crippen molar-refractivity contribution in [3.63, 3.8) is 0 Å². The molecule has 2 amide bonds. The molecule has 0 saturated carbocycles. The van der Waals surface area contributed by atoms with Gasteiger partial charge in [-0.1, -0.05) is 11.6 Å².